The summed E-state index contributed by atoms with van der Waals surface area (Å²) in [6.45, 7) is 7.48. The van der Waals surface area contributed by atoms with Crippen molar-refractivity contribution in [3.63, 3.8) is 0 Å². The number of aliphatic hydroxyl groups is 1. The predicted octanol–water partition coefficient (Wildman–Crippen LogP) is 5.10. The summed E-state index contributed by atoms with van der Waals surface area (Å²) in [5.74, 6) is 0. The fourth-order valence-electron chi connectivity index (χ4n) is 2.06. The number of halogens is 3. The zero-order valence-electron chi connectivity index (χ0n) is 12.1. The minimum atomic E-state index is 0.0886. The molecule has 0 radical (unpaired) electrons. The lowest BCUT2D eigenvalue weighted by Gasteiger charge is -2.27. The molecule has 0 heterocycles. The number of benzene rings is 1. The lowest BCUT2D eigenvalue weighted by Crippen LogP contribution is -2.31. The maximum absolute atomic E-state index is 8.91. The van der Waals surface area contributed by atoms with Crippen LogP contribution in [-0.4, -0.2) is 18.3 Å². The van der Waals surface area contributed by atoms with Gasteiger partial charge in [0, 0.05) is 19.2 Å². The van der Waals surface area contributed by atoms with Gasteiger partial charge in [-0.15, -0.1) is 0 Å². The lowest BCUT2D eigenvalue weighted by atomic mass is 9.87. The van der Waals surface area contributed by atoms with Crippen molar-refractivity contribution in [1.29, 1.82) is 0 Å². The summed E-state index contributed by atoms with van der Waals surface area (Å²) in [6, 6.07) is 3.75. The number of rotatable bonds is 7. The van der Waals surface area contributed by atoms with Crippen molar-refractivity contribution in [1.82, 2.24) is 5.32 Å². The second-order valence-electron chi connectivity index (χ2n) is 5.86. The van der Waals surface area contributed by atoms with E-state index in [1.807, 2.05) is 13.0 Å². The molecule has 2 nitrogen and oxygen atoms in total. The van der Waals surface area contributed by atoms with Crippen molar-refractivity contribution in [3.8, 4) is 0 Å². The maximum Gasteiger partial charge on any atom is 0.0781 e. The van der Waals surface area contributed by atoms with Crippen LogP contribution in [0.2, 0.25) is 15.1 Å². The Morgan fingerprint density at radius 1 is 1.20 bits per heavy atom. The van der Waals surface area contributed by atoms with Crippen molar-refractivity contribution in [2.24, 2.45) is 5.41 Å². The molecule has 0 aliphatic carbocycles. The zero-order chi connectivity index (χ0) is 15.3. The molecule has 0 aliphatic rings. The third kappa shape index (κ3) is 5.09. The highest BCUT2D eigenvalue weighted by atomic mass is 35.5. The molecule has 0 saturated carbocycles. The Morgan fingerprint density at radius 3 is 2.45 bits per heavy atom. The molecule has 0 bridgehead atoms. The lowest BCUT2D eigenvalue weighted by molar-refractivity contribution is 0.233. The minimum Gasteiger partial charge on any atom is -0.396 e. The summed E-state index contributed by atoms with van der Waals surface area (Å²) in [7, 11) is 0. The van der Waals surface area contributed by atoms with E-state index in [1.165, 1.54) is 0 Å². The third-order valence-electron chi connectivity index (χ3n) is 3.43. The Morgan fingerprint density at radius 2 is 1.85 bits per heavy atom. The standard InChI is InChI=1S/C15H22Cl3NO/c1-10(19-9-15(2,3)7-4-8-20)11-5-6-12(16)14(18)13(11)17/h5-6,10,19-20H,4,7-9H2,1-3H3. The van der Waals surface area contributed by atoms with Crippen LogP contribution in [0.5, 0.6) is 0 Å². The first-order chi connectivity index (χ1) is 9.28. The molecule has 5 heteroatoms. The van der Waals surface area contributed by atoms with E-state index >= 15 is 0 Å². The van der Waals surface area contributed by atoms with E-state index in [0.29, 0.717) is 15.1 Å². The molecule has 0 fully saturated rings. The summed E-state index contributed by atoms with van der Waals surface area (Å²) < 4.78 is 0. The zero-order valence-corrected chi connectivity index (χ0v) is 14.4. The van der Waals surface area contributed by atoms with E-state index in [9.17, 15) is 0 Å². The van der Waals surface area contributed by atoms with Crippen LogP contribution in [0.1, 0.15) is 45.2 Å². The van der Waals surface area contributed by atoms with E-state index in [2.05, 4.69) is 19.2 Å². The highest BCUT2D eigenvalue weighted by molar-refractivity contribution is 6.48. The number of aliphatic hydroxyl groups excluding tert-OH is 1. The van der Waals surface area contributed by atoms with Crippen LogP contribution in [0.3, 0.4) is 0 Å². The number of hydrogen-bond acceptors (Lipinski definition) is 2. The summed E-state index contributed by atoms with van der Waals surface area (Å²) in [5.41, 5.74) is 1.07. The molecular formula is C15H22Cl3NO. The number of hydrogen-bond donors (Lipinski definition) is 2. The molecule has 1 aromatic carbocycles. The molecule has 1 aromatic rings. The van der Waals surface area contributed by atoms with Crippen molar-refractivity contribution >= 4 is 34.8 Å². The van der Waals surface area contributed by atoms with Crippen molar-refractivity contribution < 1.29 is 5.11 Å². The van der Waals surface area contributed by atoms with Gasteiger partial charge in [-0.25, -0.2) is 0 Å². The molecule has 0 saturated heterocycles. The van der Waals surface area contributed by atoms with Crippen LogP contribution >= 0.6 is 34.8 Å². The van der Waals surface area contributed by atoms with Gasteiger partial charge in [0.1, 0.15) is 0 Å². The molecule has 1 atom stereocenters. The highest BCUT2D eigenvalue weighted by Crippen LogP contribution is 2.35. The highest BCUT2D eigenvalue weighted by Gasteiger charge is 2.20. The molecule has 1 unspecified atom stereocenters. The molecule has 0 aliphatic heterocycles. The van der Waals surface area contributed by atoms with E-state index in [0.717, 1.165) is 24.9 Å². The molecule has 0 spiro atoms. The van der Waals surface area contributed by atoms with E-state index in [-0.39, 0.29) is 18.1 Å². The summed E-state index contributed by atoms with van der Waals surface area (Å²) in [6.07, 6.45) is 1.79. The molecule has 20 heavy (non-hydrogen) atoms. The van der Waals surface area contributed by atoms with Crippen LogP contribution < -0.4 is 5.32 Å². The molecule has 2 N–H and O–H groups in total. The van der Waals surface area contributed by atoms with Gasteiger partial charge >= 0.3 is 0 Å². The van der Waals surface area contributed by atoms with Gasteiger partial charge < -0.3 is 10.4 Å². The van der Waals surface area contributed by atoms with Gasteiger partial charge in [0.25, 0.3) is 0 Å². The van der Waals surface area contributed by atoms with Gasteiger partial charge in [-0.1, -0.05) is 54.7 Å². The molecule has 1 rings (SSSR count). The van der Waals surface area contributed by atoms with Crippen LogP contribution in [-0.2, 0) is 0 Å². The van der Waals surface area contributed by atoms with E-state index < -0.39 is 0 Å². The second-order valence-corrected chi connectivity index (χ2v) is 7.02. The van der Waals surface area contributed by atoms with Crippen LogP contribution in [0.25, 0.3) is 0 Å². The van der Waals surface area contributed by atoms with Gasteiger partial charge in [-0.2, -0.15) is 0 Å². The van der Waals surface area contributed by atoms with Crippen LogP contribution in [0.4, 0.5) is 0 Å². The minimum absolute atomic E-state index is 0.0886. The normalized spacial score (nSPS) is 13.6. The summed E-state index contributed by atoms with van der Waals surface area (Å²) in [5, 5.41) is 13.8. The Hall–Kier alpha value is 0.01000. The average molecular weight is 339 g/mol. The van der Waals surface area contributed by atoms with Gasteiger partial charge in [-0.05, 0) is 36.8 Å². The van der Waals surface area contributed by atoms with Gasteiger partial charge in [0.2, 0.25) is 0 Å². The summed E-state index contributed by atoms with van der Waals surface area (Å²) >= 11 is 18.2. The topological polar surface area (TPSA) is 32.3 Å². The summed E-state index contributed by atoms with van der Waals surface area (Å²) in [4.78, 5) is 0. The van der Waals surface area contributed by atoms with Gasteiger partial charge in [0.05, 0.1) is 15.1 Å². The molecule has 0 aromatic heterocycles. The predicted molar refractivity (Wildman–Crippen MR) is 88.0 cm³/mol. The Labute approximate surface area is 136 Å². The van der Waals surface area contributed by atoms with E-state index in [4.69, 9.17) is 39.9 Å². The molecular weight excluding hydrogens is 317 g/mol. The Balaban J connectivity index is 2.68. The van der Waals surface area contributed by atoms with Gasteiger partial charge in [-0.3, -0.25) is 0 Å². The average Bonchev–Trinajstić information content (AvgIpc) is 2.40. The van der Waals surface area contributed by atoms with Crippen LogP contribution in [0.15, 0.2) is 12.1 Å². The first-order valence-electron chi connectivity index (χ1n) is 6.76. The fourth-order valence-corrected chi connectivity index (χ4v) is 2.77. The van der Waals surface area contributed by atoms with Crippen molar-refractivity contribution in [2.75, 3.05) is 13.2 Å². The van der Waals surface area contributed by atoms with Crippen molar-refractivity contribution in [2.45, 2.75) is 39.7 Å². The Kier molecular flexibility index (Phi) is 7.10. The second kappa shape index (κ2) is 7.86. The molecule has 114 valence electrons. The quantitative estimate of drug-likeness (QED) is 0.678. The third-order valence-corrected chi connectivity index (χ3v) is 4.74. The monoisotopic (exact) mass is 337 g/mol. The number of nitrogens with one attached hydrogen (secondary N) is 1. The molecule has 0 amide bonds. The maximum atomic E-state index is 8.91. The smallest absolute Gasteiger partial charge is 0.0781 e. The van der Waals surface area contributed by atoms with Crippen LogP contribution in [0, 0.1) is 5.41 Å². The SMILES string of the molecule is CC(NCC(C)(C)CCCO)c1ccc(Cl)c(Cl)c1Cl. The largest absolute Gasteiger partial charge is 0.396 e. The Bertz CT molecular complexity index is 449. The first kappa shape index (κ1) is 18.1. The van der Waals surface area contributed by atoms with Crippen molar-refractivity contribution in [3.05, 3.63) is 32.8 Å². The fraction of sp³-hybridized carbons (Fsp3) is 0.600. The van der Waals surface area contributed by atoms with E-state index in [1.54, 1.807) is 6.07 Å². The first-order valence-corrected chi connectivity index (χ1v) is 7.89. The van der Waals surface area contributed by atoms with Gasteiger partial charge in [0.15, 0.2) is 0 Å².